The van der Waals surface area contributed by atoms with Gasteiger partial charge in [0.25, 0.3) is 0 Å². The third kappa shape index (κ3) is 3.31. The molecule has 0 aromatic heterocycles. The molecule has 0 fully saturated rings. The Morgan fingerprint density at radius 3 is 2.35 bits per heavy atom. The van der Waals surface area contributed by atoms with Crippen molar-refractivity contribution in [3.8, 4) is 0 Å². The molecule has 0 radical (unpaired) electrons. The highest BCUT2D eigenvalue weighted by Gasteiger charge is 2.26. The number of nitrogen functional groups attached to an aromatic ring is 1. The van der Waals surface area contributed by atoms with Crippen molar-refractivity contribution in [2.24, 2.45) is 0 Å². The van der Waals surface area contributed by atoms with Crippen molar-refractivity contribution in [1.82, 2.24) is 4.31 Å². The first-order valence-corrected chi connectivity index (χ1v) is 8.03. The minimum atomic E-state index is -3.59. The van der Waals surface area contributed by atoms with E-state index >= 15 is 0 Å². The average molecular weight is 300 g/mol. The van der Waals surface area contributed by atoms with E-state index in [1.165, 1.54) is 11.4 Å². The van der Waals surface area contributed by atoms with Crippen molar-refractivity contribution in [3.05, 3.63) is 22.8 Å². The van der Waals surface area contributed by atoms with Gasteiger partial charge in [0.15, 0.2) is 0 Å². The lowest BCUT2D eigenvalue weighted by Crippen LogP contribution is -2.30. The molecule has 1 aromatic rings. The number of anilines is 1. The van der Waals surface area contributed by atoms with E-state index in [9.17, 15) is 13.5 Å². The van der Waals surface area contributed by atoms with Crippen LogP contribution < -0.4 is 5.73 Å². The maximum atomic E-state index is 12.6. The van der Waals surface area contributed by atoms with E-state index in [0.717, 1.165) is 5.56 Å². The summed E-state index contributed by atoms with van der Waals surface area (Å²) in [6.07, 6.45) is -0.132. The quantitative estimate of drug-likeness (QED) is 0.809. The Morgan fingerprint density at radius 2 is 1.85 bits per heavy atom. The summed E-state index contributed by atoms with van der Waals surface area (Å²) in [5, 5.41) is 9.29. The molecule has 0 heterocycles. The number of aliphatic hydroxyl groups excluding tert-OH is 1. The van der Waals surface area contributed by atoms with Crippen LogP contribution in [0.2, 0.25) is 0 Å². The summed E-state index contributed by atoms with van der Waals surface area (Å²) < 4.78 is 26.5. The first kappa shape index (κ1) is 16.9. The molecule has 1 unspecified atom stereocenters. The lowest BCUT2D eigenvalue weighted by molar-refractivity contribution is 0.177. The van der Waals surface area contributed by atoms with Gasteiger partial charge in [-0.15, -0.1) is 0 Å². The summed E-state index contributed by atoms with van der Waals surface area (Å²) in [5.74, 6) is 0. The molecule has 0 saturated heterocycles. The van der Waals surface area contributed by atoms with Gasteiger partial charge < -0.3 is 10.8 Å². The molecular weight excluding hydrogens is 276 g/mol. The zero-order chi connectivity index (χ0) is 15.7. The number of benzene rings is 1. The van der Waals surface area contributed by atoms with Crippen LogP contribution in [0.5, 0.6) is 0 Å². The fourth-order valence-electron chi connectivity index (χ4n) is 2.22. The van der Waals surface area contributed by atoms with Crippen LogP contribution in [-0.2, 0) is 10.0 Å². The van der Waals surface area contributed by atoms with Crippen LogP contribution in [0.15, 0.2) is 11.0 Å². The molecule has 1 rings (SSSR count). The smallest absolute Gasteiger partial charge is 0.243 e. The molecular formula is C14H24N2O3S. The first-order valence-electron chi connectivity index (χ1n) is 6.59. The fraction of sp³-hybridized carbons (Fsp3) is 0.571. The highest BCUT2D eigenvalue weighted by molar-refractivity contribution is 7.89. The van der Waals surface area contributed by atoms with Crippen LogP contribution >= 0.6 is 0 Å². The Balaban J connectivity index is 3.26. The third-order valence-electron chi connectivity index (χ3n) is 3.49. The van der Waals surface area contributed by atoms with E-state index in [0.29, 0.717) is 23.2 Å². The Kier molecular flexibility index (Phi) is 5.18. The number of nitrogens with zero attached hydrogens (tertiary/aromatic N) is 1. The van der Waals surface area contributed by atoms with Gasteiger partial charge in [0.05, 0.1) is 11.0 Å². The van der Waals surface area contributed by atoms with Crippen molar-refractivity contribution >= 4 is 15.7 Å². The van der Waals surface area contributed by atoms with Gasteiger partial charge in [0.2, 0.25) is 10.0 Å². The molecule has 114 valence electrons. The predicted octanol–water partition coefficient (Wildman–Crippen LogP) is 1.59. The zero-order valence-electron chi connectivity index (χ0n) is 12.8. The van der Waals surface area contributed by atoms with E-state index in [1.807, 2.05) is 6.92 Å². The Bertz CT molecular complexity index is 595. The van der Waals surface area contributed by atoms with Gasteiger partial charge >= 0.3 is 0 Å². The topological polar surface area (TPSA) is 83.6 Å². The number of hydrogen-bond donors (Lipinski definition) is 2. The number of sulfonamides is 1. The maximum absolute atomic E-state index is 12.6. The largest absolute Gasteiger partial charge is 0.398 e. The second-order valence-corrected chi connectivity index (χ2v) is 7.32. The molecule has 6 heteroatoms. The SMILES string of the molecule is Cc1cc(C)c(S(=O)(=O)N(C)CCC(C)O)c(C)c1N. The van der Waals surface area contributed by atoms with E-state index < -0.39 is 16.1 Å². The van der Waals surface area contributed by atoms with Crippen LogP contribution in [0.4, 0.5) is 5.69 Å². The molecule has 0 aliphatic heterocycles. The van der Waals surface area contributed by atoms with E-state index in [2.05, 4.69) is 0 Å². The molecule has 0 amide bonds. The van der Waals surface area contributed by atoms with Gasteiger partial charge in [-0.25, -0.2) is 12.7 Å². The normalized spacial score (nSPS) is 13.8. The summed E-state index contributed by atoms with van der Waals surface area (Å²) in [4.78, 5) is 0.272. The standard InChI is InChI=1S/C14H24N2O3S/c1-9-8-10(2)14(12(4)13(9)15)20(18,19)16(5)7-6-11(3)17/h8,11,17H,6-7,15H2,1-5H3. The third-order valence-corrected chi connectivity index (χ3v) is 5.64. The van der Waals surface area contributed by atoms with Gasteiger partial charge in [0.1, 0.15) is 0 Å². The Labute approximate surface area is 121 Å². The Morgan fingerprint density at radius 1 is 1.30 bits per heavy atom. The molecule has 0 aliphatic carbocycles. The minimum Gasteiger partial charge on any atom is -0.398 e. The van der Waals surface area contributed by atoms with Crippen molar-refractivity contribution in [3.63, 3.8) is 0 Å². The lowest BCUT2D eigenvalue weighted by Gasteiger charge is -2.22. The van der Waals surface area contributed by atoms with Gasteiger partial charge in [-0.05, 0) is 50.8 Å². The van der Waals surface area contributed by atoms with Crippen LogP contribution in [0.25, 0.3) is 0 Å². The van der Waals surface area contributed by atoms with Gasteiger partial charge in [-0.3, -0.25) is 0 Å². The number of aliphatic hydroxyl groups is 1. The number of hydrogen-bond acceptors (Lipinski definition) is 4. The molecule has 5 nitrogen and oxygen atoms in total. The van der Waals surface area contributed by atoms with Crippen LogP contribution in [0, 0.1) is 20.8 Å². The second kappa shape index (κ2) is 6.11. The van der Waals surface area contributed by atoms with Crippen LogP contribution in [-0.4, -0.2) is 37.5 Å². The van der Waals surface area contributed by atoms with E-state index in [-0.39, 0.29) is 11.4 Å². The fourth-order valence-corrected chi connectivity index (χ4v) is 3.84. The molecule has 0 spiro atoms. The molecule has 3 N–H and O–H groups in total. The van der Waals surface area contributed by atoms with Gasteiger partial charge in [-0.2, -0.15) is 0 Å². The second-order valence-electron chi connectivity index (χ2n) is 5.34. The Hall–Kier alpha value is -1.11. The molecule has 1 atom stereocenters. The number of rotatable bonds is 5. The van der Waals surface area contributed by atoms with Crippen molar-refractivity contribution in [1.29, 1.82) is 0 Å². The molecule has 1 aromatic carbocycles. The van der Waals surface area contributed by atoms with Crippen molar-refractivity contribution in [2.45, 2.75) is 45.1 Å². The maximum Gasteiger partial charge on any atom is 0.243 e. The zero-order valence-corrected chi connectivity index (χ0v) is 13.6. The monoisotopic (exact) mass is 300 g/mol. The molecule has 0 bridgehead atoms. The summed E-state index contributed by atoms with van der Waals surface area (Å²) in [6, 6.07) is 1.79. The summed E-state index contributed by atoms with van der Waals surface area (Å²) in [6.45, 7) is 7.27. The van der Waals surface area contributed by atoms with E-state index in [1.54, 1.807) is 26.8 Å². The highest BCUT2D eigenvalue weighted by atomic mass is 32.2. The minimum absolute atomic E-state index is 0.270. The van der Waals surface area contributed by atoms with Crippen molar-refractivity contribution < 1.29 is 13.5 Å². The highest BCUT2D eigenvalue weighted by Crippen LogP contribution is 2.29. The average Bonchev–Trinajstić information content (AvgIpc) is 2.32. The lowest BCUT2D eigenvalue weighted by atomic mass is 10.1. The molecule has 20 heavy (non-hydrogen) atoms. The van der Waals surface area contributed by atoms with E-state index in [4.69, 9.17) is 5.73 Å². The molecule has 0 aliphatic rings. The summed E-state index contributed by atoms with van der Waals surface area (Å²) >= 11 is 0. The molecule has 0 saturated carbocycles. The summed E-state index contributed by atoms with van der Waals surface area (Å²) in [7, 11) is -2.07. The van der Waals surface area contributed by atoms with Gasteiger partial charge in [-0.1, -0.05) is 6.07 Å². The summed E-state index contributed by atoms with van der Waals surface area (Å²) in [5.41, 5.74) is 8.62. The van der Waals surface area contributed by atoms with Crippen LogP contribution in [0.1, 0.15) is 30.0 Å². The van der Waals surface area contributed by atoms with Gasteiger partial charge in [0, 0.05) is 19.3 Å². The van der Waals surface area contributed by atoms with Crippen molar-refractivity contribution in [2.75, 3.05) is 19.3 Å². The number of aryl methyl sites for hydroxylation is 2. The van der Waals surface area contributed by atoms with Crippen LogP contribution in [0.3, 0.4) is 0 Å². The number of nitrogens with two attached hydrogens (primary N) is 1. The predicted molar refractivity (Wildman–Crippen MR) is 81.2 cm³/mol. The first-order chi connectivity index (χ1) is 9.09.